The third kappa shape index (κ3) is 4.53. The van der Waals surface area contributed by atoms with Crippen molar-refractivity contribution in [1.82, 2.24) is 5.16 Å². The van der Waals surface area contributed by atoms with E-state index in [1.54, 1.807) is 54.6 Å². The predicted molar refractivity (Wildman–Crippen MR) is 117 cm³/mol. The number of carboxylic acids is 1. The van der Waals surface area contributed by atoms with Crippen LogP contribution in [0.1, 0.15) is 16.8 Å². The molecule has 0 unspecified atom stereocenters. The van der Waals surface area contributed by atoms with Gasteiger partial charge in [-0.05, 0) is 53.6 Å². The Morgan fingerprint density at radius 3 is 2.50 bits per heavy atom. The molecular formula is C24H18ClNO4. The molecule has 1 aromatic heterocycles. The topological polar surface area (TPSA) is 72.6 Å². The molecule has 3 aromatic carbocycles. The van der Waals surface area contributed by atoms with E-state index in [0.717, 1.165) is 22.2 Å². The van der Waals surface area contributed by atoms with Crippen LogP contribution < -0.4 is 4.74 Å². The summed E-state index contributed by atoms with van der Waals surface area (Å²) in [6.45, 7) is 0.433. The van der Waals surface area contributed by atoms with E-state index in [0.29, 0.717) is 29.4 Å². The molecule has 150 valence electrons. The first-order valence-electron chi connectivity index (χ1n) is 9.37. The van der Waals surface area contributed by atoms with Crippen LogP contribution >= 0.6 is 11.6 Å². The van der Waals surface area contributed by atoms with Crippen molar-refractivity contribution in [1.29, 1.82) is 0 Å². The number of aliphatic carboxylic acids is 1. The molecule has 5 nitrogen and oxygen atoms in total. The Balaban J connectivity index is 1.43. The van der Waals surface area contributed by atoms with Crippen LogP contribution in [0.15, 0.2) is 77.3 Å². The molecule has 0 radical (unpaired) electrons. The lowest BCUT2D eigenvalue weighted by Crippen LogP contribution is -2.03. The zero-order chi connectivity index (χ0) is 20.9. The second-order valence-electron chi connectivity index (χ2n) is 6.66. The van der Waals surface area contributed by atoms with E-state index in [-0.39, 0.29) is 5.57 Å². The van der Waals surface area contributed by atoms with Crippen LogP contribution in [0.3, 0.4) is 0 Å². The van der Waals surface area contributed by atoms with Crippen molar-refractivity contribution in [3.05, 3.63) is 94.6 Å². The number of aromatic nitrogens is 1. The fourth-order valence-electron chi connectivity index (χ4n) is 3.11. The van der Waals surface area contributed by atoms with Crippen LogP contribution in [-0.2, 0) is 11.2 Å². The maximum absolute atomic E-state index is 11.7. The van der Waals surface area contributed by atoms with Crippen LogP contribution in [0.5, 0.6) is 5.75 Å². The number of para-hydroxylation sites is 1. The number of hydrogen-bond acceptors (Lipinski definition) is 4. The number of rotatable bonds is 7. The molecule has 0 amide bonds. The van der Waals surface area contributed by atoms with E-state index in [1.165, 1.54) is 0 Å². The van der Waals surface area contributed by atoms with Crippen molar-refractivity contribution in [3.63, 3.8) is 0 Å². The zero-order valence-electron chi connectivity index (χ0n) is 15.9. The van der Waals surface area contributed by atoms with Crippen LogP contribution in [0.4, 0.5) is 0 Å². The lowest BCUT2D eigenvalue weighted by molar-refractivity contribution is -0.130. The summed E-state index contributed by atoms with van der Waals surface area (Å²) in [7, 11) is 0. The highest BCUT2D eigenvalue weighted by Crippen LogP contribution is 2.23. The minimum absolute atomic E-state index is 0.193. The molecule has 4 aromatic rings. The number of carboxylic acid groups (broad SMARTS) is 1. The lowest BCUT2D eigenvalue weighted by Gasteiger charge is -2.08. The summed E-state index contributed by atoms with van der Waals surface area (Å²) in [6, 6.07) is 21.7. The minimum atomic E-state index is -1.00. The highest BCUT2D eigenvalue weighted by molar-refractivity contribution is 6.30. The van der Waals surface area contributed by atoms with Gasteiger partial charge in [-0.3, -0.25) is 0 Å². The molecule has 0 saturated carbocycles. The number of hydrogen-bond donors (Lipinski definition) is 1. The highest BCUT2D eigenvalue weighted by atomic mass is 35.5. The predicted octanol–water partition coefficient (Wildman–Crippen LogP) is 5.73. The van der Waals surface area contributed by atoms with Gasteiger partial charge >= 0.3 is 5.97 Å². The molecule has 0 aliphatic carbocycles. The van der Waals surface area contributed by atoms with E-state index >= 15 is 0 Å². The quantitative estimate of drug-likeness (QED) is 0.306. The molecule has 6 heteroatoms. The molecule has 30 heavy (non-hydrogen) atoms. The Hall–Kier alpha value is -3.57. The summed E-state index contributed by atoms with van der Waals surface area (Å²) in [5.74, 6) is -0.348. The normalized spacial score (nSPS) is 11.6. The smallest absolute Gasteiger partial charge is 0.336 e. The fraction of sp³-hybridized carbons (Fsp3) is 0.0833. The summed E-state index contributed by atoms with van der Waals surface area (Å²) < 4.78 is 11.1. The first-order chi connectivity index (χ1) is 14.6. The summed E-state index contributed by atoms with van der Waals surface area (Å²) in [5, 5.41) is 15.3. The molecule has 4 rings (SSSR count). The minimum Gasteiger partial charge on any atom is -0.493 e. The van der Waals surface area contributed by atoms with Crippen LogP contribution in [0.25, 0.3) is 22.6 Å². The number of fused-ring (bicyclic) bond motifs is 1. The van der Waals surface area contributed by atoms with E-state index in [9.17, 15) is 9.90 Å². The molecule has 0 spiro atoms. The Labute approximate surface area is 178 Å². The van der Waals surface area contributed by atoms with Gasteiger partial charge in [-0.1, -0.05) is 53.2 Å². The molecule has 1 heterocycles. The van der Waals surface area contributed by atoms with Gasteiger partial charge in [0.1, 0.15) is 5.75 Å². The van der Waals surface area contributed by atoms with Gasteiger partial charge < -0.3 is 14.4 Å². The average Bonchev–Trinajstić information content (AvgIpc) is 3.17. The molecule has 0 bridgehead atoms. The van der Waals surface area contributed by atoms with Gasteiger partial charge in [-0.15, -0.1) is 0 Å². The summed E-state index contributed by atoms with van der Waals surface area (Å²) in [5.41, 5.74) is 3.15. The number of ether oxygens (including phenoxy) is 1. The average molecular weight is 420 g/mol. The van der Waals surface area contributed by atoms with Crippen molar-refractivity contribution < 1.29 is 19.2 Å². The Bertz CT molecular complexity index is 1190. The standard InChI is InChI=1S/C24H18ClNO4/c25-18-9-5-16(6-10-18)15-21(24(27)28)17-7-11-19(12-8-17)29-14-13-22-20-3-1-2-4-23(20)30-26-22/h1-12,15H,13-14H2,(H,27,28). The number of nitrogens with zero attached hydrogens (tertiary/aromatic N) is 1. The van der Waals surface area contributed by atoms with Crippen LogP contribution in [-0.4, -0.2) is 22.8 Å². The molecule has 1 N–H and O–H groups in total. The largest absolute Gasteiger partial charge is 0.493 e. The summed E-state index contributed by atoms with van der Waals surface area (Å²) in [4.78, 5) is 11.7. The second-order valence-corrected chi connectivity index (χ2v) is 7.10. The van der Waals surface area contributed by atoms with Gasteiger partial charge in [0, 0.05) is 16.8 Å². The Morgan fingerprint density at radius 2 is 1.77 bits per heavy atom. The molecule has 0 fully saturated rings. The van der Waals surface area contributed by atoms with Gasteiger partial charge in [0.2, 0.25) is 0 Å². The highest BCUT2D eigenvalue weighted by Gasteiger charge is 2.11. The first kappa shape index (κ1) is 19.7. The van der Waals surface area contributed by atoms with Gasteiger partial charge in [0.25, 0.3) is 0 Å². The third-order valence-corrected chi connectivity index (χ3v) is 4.89. The second kappa shape index (κ2) is 8.84. The van der Waals surface area contributed by atoms with Gasteiger partial charge in [0.15, 0.2) is 5.58 Å². The van der Waals surface area contributed by atoms with Crippen molar-refractivity contribution in [2.45, 2.75) is 6.42 Å². The molecule has 0 atom stereocenters. The van der Waals surface area contributed by atoms with Crippen LogP contribution in [0, 0.1) is 0 Å². The van der Waals surface area contributed by atoms with E-state index in [1.807, 2.05) is 24.3 Å². The SMILES string of the molecule is O=C(O)C(=Cc1ccc(Cl)cc1)c1ccc(OCCc2noc3ccccc23)cc1. The number of benzene rings is 3. The Morgan fingerprint density at radius 1 is 1.03 bits per heavy atom. The number of carbonyl (C=O) groups is 1. The van der Waals surface area contributed by atoms with E-state index in [2.05, 4.69) is 5.16 Å². The lowest BCUT2D eigenvalue weighted by atomic mass is 10.0. The van der Waals surface area contributed by atoms with E-state index in [4.69, 9.17) is 20.9 Å². The zero-order valence-corrected chi connectivity index (χ0v) is 16.7. The molecule has 0 aliphatic heterocycles. The van der Waals surface area contributed by atoms with Gasteiger partial charge in [0.05, 0.1) is 17.9 Å². The Kier molecular flexibility index (Phi) is 5.82. The van der Waals surface area contributed by atoms with E-state index < -0.39 is 5.97 Å². The maximum atomic E-state index is 11.7. The monoisotopic (exact) mass is 419 g/mol. The first-order valence-corrected chi connectivity index (χ1v) is 9.75. The summed E-state index contributed by atoms with van der Waals surface area (Å²) in [6.07, 6.45) is 2.22. The van der Waals surface area contributed by atoms with Crippen molar-refractivity contribution in [3.8, 4) is 5.75 Å². The van der Waals surface area contributed by atoms with Crippen molar-refractivity contribution in [2.75, 3.05) is 6.61 Å². The fourth-order valence-corrected chi connectivity index (χ4v) is 3.23. The van der Waals surface area contributed by atoms with Crippen LogP contribution in [0.2, 0.25) is 5.02 Å². The van der Waals surface area contributed by atoms with Gasteiger partial charge in [-0.25, -0.2) is 4.79 Å². The molecule has 0 saturated heterocycles. The number of halogens is 1. The third-order valence-electron chi connectivity index (χ3n) is 4.64. The van der Waals surface area contributed by atoms with Crippen molar-refractivity contribution in [2.24, 2.45) is 0 Å². The molecule has 0 aliphatic rings. The molecular weight excluding hydrogens is 402 g/mol. The van der Waals surface area contributed by atoms with Gasteiger partial charge in [-0.2, -0.15) is 0 Å². The summed E-state index contributed by atoms with van der Waals surface area (Å²) >= 11 is 5.89. The van der Waals surface area contributed by atoms with Crippen molar-refractivity contribution >= 4 is 40.2 Å². The maximum Gasteiger partial charge on any atom is 0.336 e.